The van der Waals surface area contributed by atoms with E-state index >= 15 is 0 Å². The van der Waals surface area contributed by atoms with E-state index in [-0.39, 0.29) is 0 Å². The highest BCUT2D eigenvalue weighted by Gasteiger charge is 2.22. The van der Waals surface area contributed by atoms with Gasteiger partial charge in [-0.15, -0.1) is 0 Å². The summed E-state index contributed by atoms with van der Waals surface area (Å²) in [7, 11) is 5.92. The molecule has 0 saturated carbocycles. The van der Waals surface area contributed by atoms with Crippen LogP contribution in [0.3, 0.4) is 0 Å². The molecule has 3 rings (SSSR count). The van der Waals surface area contributed by atoms with Gasteiger partial charge < -0.3 is 4.90 Å². The van der Waals surface area contributed by atoms with Gasteiger partial charge in [-0.05, 0) is 30.7 Å². The number of benzene rings is 2. The fourth-order valence-corrected chi connectivity index (χ4v) is 3.39. The van der Waals surface area contributed by atoms with Gasteiger partial charge in [0.05, 0.1) is 11.4 Å². The third-order valence-corrected chi connectivity index (χ3v) is 4.23. The molecule has 0 bridgehead atoms. The Morgan fingerprint density at radius 3 is 2.67 bits per heavy atom. The molecular weight excluding hydrogens is 237 g/mol. The summed E-state index contributed by atoms with van der Waals surface area (Å²) in [6, 6.07) is 14.7. The summed E-state index contributed by atoms with van der Waals surface area (Å²) < 4.78 is 0. The average Bonchev–Trinajstić information content (AvgIpc) is 2.39. The lowest BCUT2D eigenvalue weighted by molar-refractivity contribution is 0.867. The summed E-state index contributed by atoms with van der Waals surface area (Å²) >= 11 is 1.82. The van der Waals surface area contributed by atoms with Crippen molar-refractivity contribution in [3.8, 4) is 0 Å². The molecule has 3 heteroatoms. The van der Waals surface area contributed by atoms with Crippen molar-refractivity contribution in [1.29, 1.82) is 0 Å². The van der Waals surface area contributed by atoms with Crippen molar-refractivity contribution in [3.63, 3.8) is 0 Å². The molecule has 1 aliphatic rings. The van der Waals surface area contributed by atoms with Crippen LogP contribution in [0.25, 0.3) is 0 Å². The SMILES string of the molecule is [B]c1ccc2c(c1)N(CCC)c1ccccc1S2. The minimum absolute atomic E-state index is 0.829. The molecule has 0 aliphatic carbocycles. The predicted molar refractivity (Wildman–Crippen MR) is 79.7 cm³/mol. The first kappa shape index (κ1) is 11.7. The second kappa shape index (κ2) is 4.73. The van der Waals surface area contributed by atoms with Gasteiger partial charge in [-0.2, -0.15) is 0 Å². The Morgan fingerprint density at radius 2 is 1.83 bits per heavy atom. The van der Waals surface area contributed by atoms with Gasteiger partial charge in [-0.1, -0.05) is 42.3 Å². The minimum Gasteiger partial charge on any atom is -0.340 e. The Hall–Kier alpha value is -1.35. The Balaban J connectivity index is 2.15. The standard InChI is InChI=1S/C15H14BNS/c1-2-9-17-12-5-3-4-6-14(12)18-15-8-7-11(16)10-13(15)17/h3-8,10H,2,9H2,1H3. The summed E-state index contributed by atoms with van der Waals surface area (Å²) in [6.45, 7) is 3.23. The number of hydrogen-bond donors (Lipinski definition) is 0. The zero-order valence-electron chi connectivity index (χ0n) is 10.4. The molecule has 0 saturated heterocycles. The molecule has 1 nitrogen and oxygen atoms in total. The minimum atomic E-state index is 0.829. The Kier molecular flexibility index (Phi) is 3.08. The van der Waals surface area contributed by atoms with Crippen molar-refractivity contribution in [2.45, 2.75) is 23.1 Å². The highest BCUT2D eigenvalue weighted by atomic mass is 32.2. The van der Waals surface area contributed by atoms with E-state index in [1.807, 2.05) is 17.8 Å². The van der Waals surface area contributed by atoms with Crippen LogP contribution in [0.4, 0.5) is 11.4 Å². The van der Waals surface area contributed by atoms with Crippen molar-refractivity contribution < 1.29 is 0 Å². The lowest BCUT2D eigenvalue weighted by Gasteiger charge is -2.32. The van der Waals surface area contributed by atoms with E-state index in [2.05, 4.69) is 48.2 Å². The van der Waals surface area contributed by atoms with Gasteiger partial charge in [-0.25, -0.2) is 0 Å². The molecule has 2 radical (unpaired) electrons. The van der Waals surface area contributed by atoms with Crippen molar-refractivity contribution >= 4 is 36.4 Å². The molecule has 0 N–H and O–H groups in total. The number of rotatable bonds is 2. The Labute approximate surface area is 114 Å². The van der Waals surface area contributed by atoms with Gasteiger partial charge in [0.2, 0.25) is 0 Å². The first-order valence-electron chi connectivity index (χ1n) is 6.23. The number of fused-ring (bicyclic) bond motifs is 2. The van der Waals surface area contributed by atoms with Crippen LogP contribution in [0.15, 0.2) is 52.3 Å². The van der Waals surface area contributed by atoms with Crippen LogP contribution in [0.2, 0.25) is 0 Å². The van der Waals surface area contributed by atoms with E-state index in [0.717, 1.165) is 18.4 Å². The molecule has 0 spiro atoms. The van der Waals surface area contributed by atoms with E-state index < -0.39 is 0 Å². The largest absolute Gasteiger partial charge is 0.340 e. The molecule has 0 aromatic heterocycles. The third-order valence-electron chi connectivity index (χ3n) is 3.10. The lowest BCUT2D eigenvalue weighted by atomic mass is 9.95. The molecule has 2 aromatic rings. The average molecular weight is 251 g/mol. The summed E-state index contributed by atoms with van der Waals surface area (Å²) in [6.07, 6.45) is 1.12. The Bertz CT molecular complexity index is 582. The van der Waals surface area contributed by atoms with Gasteiger partial charge >= 0.3 is 0 Å². The molecule has 18 heavy (non-hydrogen) atoms. The zero-order valence-corrected chi connectivity index (χ0v) is 11.2. The van der Waals surface area contributed by atoms with Crippen molar-refractivity contribution in [3.05, 3.63) is 42.5 Å². The van der Waals surface area contributed by atoms with E-state index in [0.29, 0.717) is 0 Å². The predicted octanol–water partition coefficient (Wildman–Crippen LogP) is 3.49. The molecule has 1 heterocycles. The monoisotopic (exact) mass is 251 g/mol. The van der Waals surface area contributed by atoms with E-state index in [1.54, 1.807) is 0 Å². The third kappa shape index (κ3) is 1.93. The van der Waals surface area contributed by atoms with Crippen LogP contribution >= 0.6 is 11.8 Å². The molecule has 0 fully saturated rings. The van der Waals surface area contributed by atoms with E-state index in [1.165, 1.54) is 21.2 Å². The van der Waals surface area contributed by atoms with Gasteiger partial charge in [0.1, 0.15) is 7.85 Å². The fraction of sp³-hybridized carbons (Fsp3) is 0.200. The van der Waals surface area contributed by atoms with Gasteiger partial charge in [0.25, 0.3) is 0 Å². The number of hydrogen-bond acceptors (Lipinski definition) is 2. The molecular formula is C15H14BNS. The van der Waals surface area contributed by atoms with Crippen molar-refractivity contribution in [2.75, 3.05) is 11.4 Å². The van der Waals surface area contributed by atoms with Crippen LogP contribution < -0.4 is 10.4 Å². The maximum absolute atomic E-state index is 5.92. The summed E-state index contributed by atoms with van der Waals surface area (Å²) in [5, 5.41) is 0. The van der Waals surface area contributed by atoms with Crippen LogP contribution in [0.5, 0.6) is 0 Å². The quantitative estimate of drug-likeness (QED) is 0.751. The van der Waals surface area contributed by atoms with Crippen LogP contribution in [0, 0.1) is 0 Å². The highest BCUT2D eigenvalue weighted by molar-refractivity contribution is 7.99. The number of para-hydroxylation sites is 1. The van der Waals surface area contributed by atoms with Gasteiger partial charge in [0.15, 0.2) is 0 Å². The van der Waals surface area contributed by atoms with Gasteiger partial charge in [-0.3, -0.25) is 0 Å². The fourth-order valence-electron chi connectivity index (χ4n) is 2.31. The summed E-state index contributed by atoms with van der Waals surface area (Å²) in [4.78, 5) is 4.98. The van der Waals surface area contributed by atoms with E-state index in [9.17, 15) is 0 Å². The first-order chi connectivity index (χ1) is 8.79. The number of anilines is 2. The topological polar surface area (TPSA) is 3.24 Å². The van der Waals surface area contributed by atoms with Crippen LogP contribution in [-0.2, 0) is 0 Å². The highest BCUT2D eigenvalue weighted by Crippen LogP contribution is 2.47. The second-order valence-electron chi connectivity index (χ2n) is 4.45. The van der Waals surface area contributed by atoms with Crippen molar-refractivity contribution in [1.82, 2.24) is 0 Å². The second-order valence-corrected chi connectivity index (χ2v) is 5.53. The number of nitrogens with zero attached hydrogens (tertiary/aromatic N) is 1. The maximum atomic E-state index is 5.92. The van der Waals surface area contributed by atoms with E-state index in [4.69, 9.17) is 7.85 Å². The van der Waals surface area contributed by atoms with Crippen LogP contribution in [0.1, 0.15) is 13.3 Å². The molecule has 0 amide bonds. The molecule has 0 unspecified atom stereocenters. The molecule has 1 aliphatic heterocycles. The van der Waals surface area contributed by atoms with Crippen molar-refractivity contribution in [2.24, 2.45) is 0 Å². The molecule has 88 valence electrons. The lowest BCUT2D eigenvalue weighted by Crippen LogP contribution is -2.23. The first-order valence-corrected chi connectivity index (χ1v) is 7.05. The smallest absolute Gasteiger partial charge is 0.113 e. The molecule has 0 atom stereocenters. The van der Waals surface area contributed by atoms with Crippen LogP contribution in [-0.4, -0.2) is 14.4 Å². The molecule has 2 aromatic carbocycles. The van der Waals surface area contributed by atoms with Gasteiger partial charge in [0, 0.05) is 16.3 Å². The summed E-state index contributed by atoms with van der Waals surface area (Å²) in [5.74, 6) is 0. The zero-order chi connectivity index (χ0) is 12.5. The Morgan fingerprint density at radius 1 is 1.06 bits per heavy atom. The summed E-state index contributed by atoms with van der Waals surface area (Å²) in [5.41, 5.74) is 3.36. The normalized spacial score (nSPS) is 13.1. The maximum Gasteiger partial charge on any atom is 0.113 e.